The molecule has 4 heterocycles. The van der Waals surface area contributed by atoms with Gasteiger partial charge in [-0.2, -0.15) is 8.78 Å². The van der Waals surface area contributed by atoms with Gasteiger partial charge in [-0.25, -0.2) is 22.8 Å². The van der Waals surface area contributed by atoms with E-state index in [1.54, 1.807) is 11.6 Å². The number of hydrogen-bond acceptors (Lipinski definition) is 7. The lowest BCUT2D eigenvalue weighted by Gasteiger charge is -2.41. The molecule has 12 heteroatoms. The molecular formula is C26H27F3N4O3S2. The fourth-order valence-corrected chi connectivity index (χ4v) is 6.52. The van der Waals surface area contributed by atoms with Gasteiger partial charge in [0.1, 0.15) is 11.5 Å². The minimum atomic E-state index is -3.11. The summed E-state index contributed by atoms with van der Waals surface area (Å²) in [5.74, 6) is -0.340. The van der Waals surface area contributed by atoms with Crippen molar-refractivity contribution >= 4 is 32.2 Å². The molecule has 1 saturated heterocycles. The van der Waals surface area contributed by atoms with E-state index in [9.17, 15) is 21.6 Å². The van der Waals surface area contributed by atoms with Crippen LogP contribution in [-0.2, 0) is 16.3 Å². The number of pyridine rings is 1. The van der Waals surface area contributed by atoms with E-state index >= 15 is 0 Å². The lowest BCUT2D eigenvalue weighted by molar-refractivity contribution is -0.0521. The molecule has 0 unspecified atom stereocenters. The Kier molecular flexibility index (Phi) is 7.23. The van der Waals surface area contributed by atoms with Crippen LogP contribution in [0, 0.1) is 5.82 Å². The van der Waals surface area contributed by atoms with Crippen LogP contribution in [0.2, 0.25) is 0 Å². The topological polar surface area (TPSA) is 77.3 Å². The third kappa shape index (κ3) is 5.57. The van der Waals surface area contributed by atoms with Crippen LogP contribution < -0.4 is 4.74 Å². The Bertz CT molecular complexity index is 1540. The number of fused-ring (bicyclic) bond motifs is 1. The van der Waals surface area contributed by atoms with Crippen LogP contribution in [0.1, 0.15) is 25.8 Å². The smallest absolute Gasteiger partial charge is 0.387 e. The van der Waals surface area contributed by atoms with Gasteiger partial charge in [0, 0.05) is 41.2 Å². The molecule has 0 aliphatic carbocycles. The van der Waals surface area contributed by atoms with Crippen molar-refractivity contribution in [2.75, 3.05) is 24.6 Å². The predicted octanol–water partition coefficient (Wildman–Crippen LogP) is 5.33. The molecule has 1 aliphatic heterocycles. The molecule has 38 heavy (non-hydrogen) atoms. The molecule has 0 spiro atoms. The molecule has 5 rings (SSSR count). The third-order valence-electron chi connectivity index (χ3n) is 7.05. The number of aryl methyl sites for hydroxylation is 1. The van der Waals surface area contributed by atoms with E-state index in [0.29, 0.717) is 35.8 Å². The van der Waals surface area contributed by atoms with Gasteiger partial charge >= 0.3 is 6.61 Å². The van der Waals surface area contributed by atoms with Gasteiger partial charge in [0.15, 0.2) is 21.4 Å². The van der Waals surface area contributed by atoms with E-state index in [1.165, 1.54) is 23.5 Å². The van der Waals surface area contributed by atoms with Crippen molar-refractivity contribution in [3.8, 4) is 22.8 Å². The Balaban J connectivity index is 1.45. The lowest BCUT2D eigenvalue weighted by atomic mass is 9.93. The second-order valence-corrected chi connectivity index (χ2v) is 12.9. The zero-order chi connectivity index (χ0) is 27.1. The number of benzene rings is 1. The first-order chi connectivity index (χ1) is 18.0. The van der Waals surface area contributed by atoms with Crippen LogP contribution in [0.25, 0.3) is 28.1 Å². The van der Waals surface area contributed by atoms with Crippen LogP contribution in [0.3, 0.4) is 0 Å². The first-order valence-corrected chi connectivity index (χ1v) is 14.9. The van der Waals surface area contributed by atoms with Crippen molar-refractivity contribution in [1.82, 2.24) is 19.4 Å². The monoisotopic (exact) mass is 564 g/mol. The Hall–Kier alpha value is -2.96. The molecule has 0 N–H and O–H groups in total. The number of thiazole rings is 1. The summed E-state index contributed by atoms with van der Waals surface area (Å²) in [7, 11) is -2.95. The molecule has 0 saturated carbocycles. The third-order valence-corrected chi connectivity index (χ3v) is 9.23. The van der Waals surface area contributed by atoms with Gasteiger partial charge in [0.2, 0.25) is 0 Å². The van der Waals surface area contributed by atoms with E-state index in [0.717, 1.165) is 29.9 Å². The molecule has 0 atom stereocenters. The largest absolute Gasteiger partial charge is 0.432 e. The van der Waals surface area contributed by atoms with E-state index in [-0.39, 0.29) is 17.0 Å². The second kappa shape index (κ2) is 10.3. The highest BCUT2D eigenvalue weighted by Gasteiger charge is 2.32. The molecule has 0 bridgehead atoms. The molecule has 202 valence electrons. The zero-order valence-corrected chi connectivity index (χ0v) is 22.5. The summed E-state index contributed by atoms with van der Waals surface area (Å²) in [5.41, 5.74) is 4.17. The number of aromatic nitrogens is 3. The highest BCUT2D eigenvalue weighted by atomic mass is 32.2. The summed E-state index contributed by atoms with van der Waals surface area (Å²) in [4.78, 5) is 11.5. The number of alkyl halides is 2. The number of hydrogen-bond donors (Lipinski definition) is 0. The van der Waals surface area contributed by atoms with Crippen LogP contribution in [-0.4, -0.2) is 64.6 Å². The quantitative estimate of drug-likeness (QED) is 0.288. The minimum Gasteiger partial charge on any atom is -0.432 e. The van der Waals surface area contributed by atoms with Crippen LogP contribution in [0.15, 0.2) is 47.4 Å². The number of ether oxygens (including phenoxy) is 1. The van der Waals surface area contributed by atoms with E-state index in [4.69, 9.17) is 4.98 Å². The number of nitrogens with zero attached hydrogens (tertiary/aromatic N) is 4. The molecule has 7 nitrogen and oxygen atoms in total. The summed E-state index contributed by atoms with van der Waals surface area (Å²) < 4.78 is 69.3. The van der Waals surface area contributed by atoms with Gasteiger partial charge in [-0.15, -0.1) is 11.3 Å². The molecule has 4 aromatic rings. The van der Waals surface area contributed by atoms with Gasteiger partial charge < -0.3 is 4.74 Å². The maximum absolute atomic E-state index is 14.4. The van der Waals surface area contributed by atoms with Crippen molar-refractivity contribution in [2.24, 2.45) is 0 Å². The van der Waals surface area contributed by atoms with Gasteiger partial charge in [-0.05, 0) is 62.6 Å². The molecule has 1 fully saturated rings. The Labute approximate surface area is 222 Å². The van der Waals surface area contributed by atoms with Crippen molar-refractivity contribution in [1.29, 1.82) is 0 Å². The first kappa shape index (κ1) is 26.6. The van der Waals surface area contributed by atoms with Crippen molar-refractivity contribution in [3.63, 3.8) is 0 Å². The van der Waals surface area contributed by atoms with Crippen molar-refractivity contribution < 1.29 is 26.3 Å². The molecule has 0 amide bonds. The Morgan fingerprint density at radius 2 is 1.92 bits per heavy atom. The number of sulfone groups is 1. The molecule has 3 aromatic heterocycles. The van der Waals surface area contributed by atoms with Crippen LogP contribution >= 0.6 is 11.3 Å². The summed E-state index contributed by atoms with van der Waals surface area (Å²) in [6.07, 6.45) is 3.55. The molecule has 1 aliphatic rings. The molecule has 1 aromatic carbocycles. The van der Waals surface area contributed by atoms with Crippen LogP contribution in [0.4, 0.5) is 13.2 Å². The average molecular weight is 565 g/mol. The standard InChI is InChI=1S/C26H27F3N4O3S2/c1-26(2,32-9-11-38(34,35)12-10-32)8-7-18-14-33(23-15-37-16-30-23)24-19(18)4-5-21(31-24)17-3-6-22(20(27)13-17)36-25(28)29/h3-6,13-16,25H,7-12H2,1-2H3. The number of rotatable bonds is 8. The normalized spacial score (nSPS) is 16.4. The lowest BCUT2D eigenvalue weighted by Crippen LogP contribution is -2.51. The van der Waals surface area contributed by atoms with Crippen molar-refractivity contribution in [3.05, 3.63) is 58.8 Å². The van der Waals surface area contributed by atoms with Gasteiger partial charge in [0.05, 0.1) is 22.7 Å². The van der Waals surface area contributed by atoms with Gasteiger partial charge in [0.25, 0.3) is 0 Å². The SMILES string of the molecule is CC(C)(CCc1cn(-c2cscn2)c2nc(-c3ccc(OC(F)F)c(F)c3)ccc12)N1CCS(=O)(=O)CC1. The highest BCUT2D eigenvalue weighted by Crippen LogP contribution is 2.32. The van der Waals surface area contributed by atoms with Gasteiger partial charge in [-0.3, -0.25) is 9.47 Å². The predicted molar refractivity (Wildman–Crippen MR) is 141 cm³/mol. The summed E-state index contributed by atoms with van der Waals surface area (Å²) in [6, 6.07) is 7.50. The number of halogens is 3. The maximum atomic E-state index is 14.4. The van der Waals surface area contributed by atoms with Crippen molar-refractivity contribution in [2.45, 2.75) is 38.8 Å². The fraction of sp³-hybridized carbons (Fsp3) is 0.385. The second-order valence-electron chi connectivity index (χ2n) is 9.91. The zero-order valence-electron chi connectivity index (χ0n) is 20.9. The molecule has 0 radical (unpaired) electrons. The van der Waals surface area contributed by atoms with E-state index in [1.807, 2.05) is 22.2 Å². The fourth-order valence-electron chi connectivity index (χ4n) is 4.80. The Morgan fingerprint density at radius 3 is 2.58 bits per heavy atom. The van der Waals surface area contributed by atoms with Crippen LogP contribution in [0.5, 0.6) is 5.75 Å². The maximum Gasteiger partial charge on any atom is 0.387 e. The van der Waals surface area contributed by atoms with E-state index in [2.05, 4.69) is 28.5 Å². The summed E-state index contributed by atoms with van der Waals surface area (Å²) in [5, 5.41) is 2.84. The first-order valence-electron chi connectivity index (χ1n) is 12.1. The molecular weight excluding hydrogens is 537 g/mol. The Morgan fingerprint density at radius 1 is 1.16 bits per heavy atom. The minimum absolute atomic E-state index is 0.183. The summed E-state index contributed by atoms with van der Waals surface area (Å²) in [6.45, 7) is 2.21. The summed E-state index contributed by atoms with van der Waals surface area (Å²) >= 11 is 1.46. The van der Waals surface area contributed by atoms with Gasteiger partial charge in [-0.1, -0.05) is 0 Å². The highest BCUT2D eigenvalue weighted by molar-refractivity contribution is 7.91. The van der Waals surface area contributed by atoms with E-state index < -0.39 is 28.0 Å². The average Bonchev–Trinajstić information content (AvgIpc) is 3.51.